The first-order valence-electron chi connectivity index (χ1n) is 6.00. The largest absolute Gasteiger partial charge is 0.224 e. The number of hydrogen-bond acceptors (Lipinski definition) is 5. The summed E-state index contributed by atoms with van der Waals surface area (Å²) in [7, 11) is 0. The number of thioether (sulfide) groups is 1. The molecule has 1 saturated carbocycles. The van der Waals surface area contributed by atoms with Gasteiger partial charge in [0.05, 0.1) is 0 Å². The summed E-state index contributed by atoms with van der Waals surface area (Å²) in [4.78, 5) is 4.21. The van der Waals surface area contributed by atoms with E-state index in [0.717, 1.165) is 16.5 Å². The van der Waals surface area contributed by atoms with Gasteiger partial charge in [-0.05, 0) is 19.1 Å². The monoisotopic (exact) mass is 249 g/mol. The van der Waals surface area contributed by atoms with Crippen molar-refractivity contribution in [3.63, 3.8) is 0 Å². The highest BCUT2D eigenvalue weighted by Crippen LogP contribution is 2.31. The molecule has 1 aliphatic carbocycles. The number of fused-ring (bicyclic) bond motifs is 1. The Labute approximate surface area is 104 Å². The van der Waals surface area contributed by atoms with Crippen LogP contribution in [0.1, 0.15) is 43.8 Å². The molecule has 0 saturated heterocycles. The molecule has 0 radical (unpaired) electrons. The van der Waals surface area contributed by atoms with Gasteiger partial charge in [0.1, 0.15) is 11.4 Å². The van der Waals surface area contributed by atoms with Gasteiger partial charge in [-0.3, -0.25) is 0 Å². The van der Waals surface area contributed by atoms with Gasteiger partial charge >= 0.3 is 0 Å². The third-order valence-electron chi connectivity index (χ3n) is 3.36. The predicted molar refractivity (Wildman–Crippen MR) is 66.2 cm³/mol. The van der Waals surface area contributed by atoms with Crippen LogP contribution in [-0.4, -0.2) is 31.1 Å². The van der Waals surface area contributed by atoms with Crippen molar-refractivity contribution >= 4 is 17.4 Å². The Morgan fingerprint density at radius 1 is 1.24 bits per heavy atom. The van der Waals surface area contributed by atoms with Crippen LogP contribution >= 0.6 is 11.8 Å². The van der Waals surface area contributed by atoms with Gasteiger partial charge in [0.2, 0.25) is 5.65 Å². The first-order valence-corrected chi connectivity index (χ1v) is 7.23. The molecule has 0 atom stereocenters. The molecule has 2 heterocycles. The first kappa shape index (κ1) is 11.0. The SMILES string of the molecule is CSc1ncnn2c(C3CCCCC3)nnc12. The lowest BCUT2D eigenvalue weighted by molar-refractivity contribution is 0.422. The van der Waals surface area contributed by atoms with Crippen molar-refractivity contribution in [1.29, 1.82) is 0 Å². The van der Waals surface area contributed by atoms with Crippen LogP contribution in [0.3, 0.4) is 0 Å². The standard InChI is InChI=1S/C11H15N5S/c1-17-11-10-15-14-9(16(10)13-7-12-11)8-5-3-2-4-6-8/h7-8H,2-6H2,1H3. The summed E-state index contributed by atoms with van der Waals surface area (Å²) in [6.45, 7) is 0. The van der Waals surface area contributed by atoms with Gasteiger partial charge in [-0.15, -0.1) is 22.0 Å². The zero-order chi connectivity index (χ0) is 11.7. The van der Waals surface area contributed by atoms with Crippen molar-refractivity contribution < 1.29 is 0 Å². The van der Waals surface area contributed by atoms with E-state index in [1.54, 1.807) is 18.1 Å². The maximum absolute atomic E-state index is 4.32. The molecular formula is C11H15N5S. The van der Waals surface area contributed by atoms with Crippen LogP contribution in [0.5, 0.6) is 0 Å². The Morgan fingerprint density at radius 2 is 2.06 bits per heavy atom. The molecule has 17 heavy (non-hydrogen) atoms. The van der Waals surface area contributed by atoms with Crippen LogP contribution in [0.2, 0.25) is 0 Å². The lowest BCUT2D eigenvalue weighted by Gasteiger charge is -2.19. The number of nitrogens with zero attached hydrogens (tertiary/aromatic N) is 5. The smallest absolute Gasteiger partial charge is 0.210 e. The zero-order valence-corrected chi connectivity index (χ0v) is 10.7. The lowest BCUT2D eigenvalue weighted by Crippen LogP contribution is -2.10. The van der Waals surface area contributed by atoms with Crippen molar-refractivity contribution in [3.8, 4) is 0 Å². The molecule has 6 heteroatoms. The van der Waals surface area contributed by atoms with E-state index in [1.807, 2.05) is 10.8 Å². The molecule has 2 aromatic rings. The molecule has 1 aliphatic rings. The second-order valence-corrected chi connectivity index (χ2v) is 5.19. The van der Waals surface area contributed by atoms with E-state index in [9.17, 15) is 0 Å². The number of hydrogen-bond donors (Lipinski definition) is 0. The van der Waals surface area contributed by atoms with Gasteiger partial charge in [-0.25, -0.2) is 4.98 Å². The summed E-state index contributed by atoms with van der Waals surface area (Å²) in [5.74, 6) is 1.53. The van der Waals surface area contributed by atoms with E-state index in [2.05, 4.69) is 20.3 Å². The number of rotatable bonds is 2. The summed E-state index contributed by atoms with van der Waals surface area (Å²) in [5.41, 5.74) is 0.792. The summed E-state index contributed by atoms with van der Waals surface area (Å²) in [6, 6.07) is 0. The van der Waals surface area contributed by atoms with Crippen LogP contribution in [0, 0.1) is 0 Å². The highest BCUT2D eigenvalue weighted by molar-refractivity contribution is 7.98. The maximum Gasteiger partial charge on any atom is 0.210 e. The van der Waals surface area contributed by atoms with Gasteiger partial charge < -0.3 is 0 Å². The molecule has 2 aromatic heterocycles. The summed E-state index contributed by atoms with van der Waals surface area (Å²) in [5, 5.41) is 13.7. The predicted octanol–water partition coefficient (Wildman–Crippen LogP) is 2.29. The van der Waals surface area contributed by atoms with E-state index >= 15 is 0 Å². The fraction of sp³-hybridized carbons (Fsp3) is 0.636. The van der Waals surface area contributed by atoms with Crippen molar-refractivity contribution in [2.24, 2.45) is 0 Å². The third kappa shape index (κ3) is 1.90. The molecule has 90 valence electrons. The molecule has 0 aliphatic heterocycles. The Kier molecular flexibility index (Phi) is 2.96. The fourth-order valence-corrected chi connectivity index (χ4v) is 2.95. The van der Waals surface area contributed by atoms with Gasteiger partial charge in [-0.2, -0.15) is 9.61 Å². The Balaban J connectivity index is 2.05. The van der Waals surface area contributed by atoms with E-state index < -0.39 is 0 Å². The highest BCUT2D eigenvalue weighted by Gasteiger charge is 2.22. The molecule has 0 amide bonds. The van der Waals surface area contributed by atoms with E-state index in [4.69, 9.17) is 0 Å². The minimum absolute atomic E-state index is 0.517. The third-order valence-corrected chi connectivity index (χ3v) is 4.04. The van der Waals surface area contributed by atoms with Crippen LogP contribution < -0.4 is 0 Å². The van der Waals surface area contributed by atoms with Gasteiger partial charge in [0.15, 0.2) is 5.82 Å². The van der Waals surface area contributed by atoms with Crippen molar-refractivity contribution in [1.82, 2.24) is 24.8 Å². The van der Waals surface area contributed by atoms with Gasteiger partial charge in [-0.1, -0.05) is 19.3 Å². The molecule has 0 spiro atoms. The normalized spacial score (nSPS) is 17.7. The van der Waals surface area contributed by atoms with E-state index in [0.29, 0.717) is 5.92 Å². The zero-order valence-electron chi connectivity index (χ0n) is 9.83. The first-order chi connectivity index (χ1) is 8.40. The Morgan fingerprint density at radius 3 is 2.82 bits per heavy atom. The van der Waals surface area contributed by atoms with Crippen LogP contribution in [0.25, 0.3) is 5.65 Å². The van der Waals surface area contributed by atoms with Crippen molar-refractivity contribution in [3.05, 3.63) is 12.2 Å². The van der Waals surface area contributed by atoms with Crippen LogP contribution in [-0.2, 0) is 0 Å². The Bertz CT molecular complexity index is 518. The molecule has 0 N–H and O–H groups in total. The molecule has 0 bridgehead atoms. The van der Waals surface area contributed by atoms with Gasteiger partial charge in [0.25, 0.3) is 0 Å². The molecule has 0 unspecified atom stereocenters. The molecule has 3 rings (SSSR count). The van der Waals surface area contributed by atoms with E-state index in [1.165, 1.54) is 32.1 Å². The molecule has 1 fully saturated rings. The summed E-state index contributed by atoms with van der Waals surface area (Å²) >= 11 is 1.58. The topological polar surface area (TPSA) is 56.0 Å². The Hall–Kier alpha value is -1.17. The minimum Gasteiger partial charge on any atom is -0.224 e. The minimum atomic E-state index is 0.517. The number of aromatic nitrogens is 5. The van der Waals surface area contributed by atoms with Crippen LogP contribution in [0.15, 0.2) is 11.4 Å². The van der Waals surface area contributed by atoms with Gasteiger partial charge in [0, 0.05) is 5.92 Å². The molecule has 0 aromatic carbocycles. The lowest BCUT2D eigenvalue weighted by atomic mass is 9.89. The highest BCUT2D eigenvalue weighted by atomic mass is 32.2. The second kappa shape index (κ2) is 4.60. The van der Waals surface area contributed by atoms with Crippen molar-refractivity contribution in [2.75, 3.05) is 6.26 Å². The average Bonchev–Trinajstić information content (AvgIpc) is 2.83. The quantitative estimate of drug-likeness (QED) is 0.764. The average molecular weight is 249 g/mol. The summed E-state index contributed by atoms with van der Waals surface area (Å²) in [6.07, 6.45) is 9.93. The van der Waals surface area contributed by atoms with E-state index in [-0.39, 0.29) is 0 Å². The maximum atomic E-state index is 4.32. The van der Waals surface area contributed by atoms with Crippen LogP contribution in [0.4, 0.5) is 0 Å². The fourth-order valence-electron chi connectivity index (χ4n) is 2.49. The second-order valence-electron chi connectivity index (χ2n) is 4.40. The van der Waals surface area contributed by atoms with Crippen molar-refractivity contribution in [2.45, 2.75) is 43.0 Å². The molecule has 5 nitrogen and oxygen atoms in total. The summed E-state index contributed by atoms with van der Waals surface area (Å²) < 4.78 is 1.87. The molecular weight excluding hydrogens is 234 g/mol.